The number of anilines is 1. The van der Waals surface area contributed by atoms with Crippen molar-refractivity contribution in [2.75, 3.05) is 5.32 Å². The molecule has 4 rings (SSSR count). The quantitative estimate of drug-likeness (QED) is 0.506. The van der Waals surface area contributed by atoms with Crippen molar-refractivity contribution in [3.63, 3.8) is 0 Å². The lowest BCUT2D eigenvalue weighted by Gasteiger charge is -2.05. The van der Waals surface area contributed by atoms with E-state index in [1.807, 2.05) is 0 Å². The smallest absolute Gasteiger partial charge is 0.278 e. The molecule has 1 amide bonds. The van der Waals surface area contributed by atoms with Crippen LogP contribution in [0.15, 0.2) is 67.1 Å². The third-order valence-electron chi connectivity index (χ3n) is 4.07. The molecule has 8 nitrogen and oxygen atoms in total. The Labute approximate surface area is 169 Å². The summed E-state index contributed by atoms with van der Waals surface area (Å²) in [6.07, 6.45) is 3.05. The Bertz CT molecular complexity index is 1140. The molecule has 0 fully saturated rings. The van der Waals surface area contributed by atoms with Crippen LogP contribution in [-0.2, 0) is 13.3 Å². The molecule has 0 bridgehead atoms. The first-order chi connectivity index (χ1) is 14.5. The molecule has 2 aromatic carbocycles. The van der Waals surface area contributed by atoms with E-state index in [1.165, 1.54) is 58.2 Å². The summed E-state index contributed by atoms with van der Waals surface area (Å²) < 4.78 is 34.3. The van der Waals surface area contributed by atoms with Crippen LogP contribution in [0.1, 0.15) is 16.1 Å². The minimum absolute atomic E-state index is 0.0590. The van der Waals surface area contributed by atoms with E-state index >= 15 is 0 Å². The molecule has 2 heterocycles. The van der Waals surface area contributed by atoms with Crippen LogP contribution < -0.4 is 10.1 Å². The van der Waals surface area contributed by atoms with Gasteiger partial charge in [-0.15, -0.1) is 5.10 Å². The molecule has 0 spiro atoms. The third-order valence-corrected chi connectivity index (χ3v) is 4.07. The van der Waals surface area contributed by atoms with Crippen molar-refractivity contribution >= 4 is 11.9 Å². The topological polar surface area (TPSA) is 86.9 Å². The molecular formula is C20H16F2N6O2. The average Bonchev–Trinajstić information content (AvgIpc) is 3.39. The maximum atomic E-state index is 13.0. The molecule has 0 atom stereocenters. The number of hydrogen-bond acceptors (Lipinski definition) is 5. The zero-order valence-electron chi connectivity index (χ0n) is 15.6. The minimum atomic E-state index is -0.477. The fourth-order valence-electron chi connectivity index (χ4n) is 2.60. The summed E-state index contributed by atoms with van der Waals surface area (Å²) in [5, 5.41) is 10.9. The number of carbonyl (C=O) groups is 1. The number of rotatable bonds is 7. The fourth-order valence-corrected chi connectivity index (χ4v) is 2.60. The van der Waals surface area contributed by atoms with Crippen LogP contribution in [-0.4, -0.2) is 30.5 Å². The van der Waals surface area contributed by atoms with Crippen molar-refractivity contribution in [2.24, 2.45) is 0 Å². The van der Waals surface area contributed by atoms with E-state index in [0.717, 1.165) is 5.56 Å². The van der Waals surface area contributed by atoms with Crippen LogP contribution in [0.25, 0.3) is 0 Å². The van der Waals surface area contributed by atoms with Crippen molar-refractivity contribution in [1.29, 1.82) is 0 Å². The molecule has 4 aromatic rings. The molecule has 0 saturated heterocycles. The van der Waals surface area contributed by atoms with Gasteiger partial charge in [-0.3, -0.25) is 10.1 Å². The number of halogens is 2. The van der Waals surface area contributed by atoms with Crippen LogP contribution >= 0.6 is 0 Å². The van der Waals surface area contributed by atoms with E-state index in [-0.39, 0.29) is 30.0 Å². The maximum absolute atomic E-state index is 13.0. The first-order valence-corrected chi connectivity index (χ1v) is 8.92. The SMILES string of the molecule is O=C(Nc1ncn(Cc2ccc(F)cc2)n1)c1ccn(COc2ccc(F)cc2)n1. The zero-order valence-corrected chi connectivity index (χ0v) is 15.6. The van der Waals surface area contributed by atoms with Gasteiger partial charge >= 0.3 is 0 Å². The lowest BCUT2D eigenvalue weighted by molar-refractivity contribution is 0.101. The van der Waals surface area contributed by atoms with E-state index in [0.29, 0.717) is 12.3 Å². The van der Waals surface area contributed by atoms with Gasteiger partial charge in [0.05, 0.1) is 6.54 Å². The maximum Gasteiger partial charge on any atom is 0.278 e. The van der Waals surface area contributed by atoms with E-state index in [2.05, 4.69) is 20.5 Å². The summed E-state index contributed by atoms with van der Waals surface area (Å²) >= 11 is 0. The predicted molar refractivity (Wildman–Crippen MR) is 103 cm³/mol. The molecule has 2 aromatic heterocycles. The molecule has 1 N–H and O–H groups in total. The average molecular weight is 410 g/mol. The number of hydrogen-bond donors (Lipinski definition) is 1. The number of benzene rings is 2. The minimum Gasteiger partial charge on any atom is -0.471 e. The van der Waals surface area contributed by atoms with Crippen LogP contribution in [0, 0.1) is 11.6 Å². The second-order valence-corrected chi connectivity index (χ2v) is 6.31. The summed E-state index contributed by atoms with van der Waals surface area (Å²) in [5.41, 5.74) is 1.01. The molecule has 30 heavy (non-hydrogen) atoms. The molecule has 0 unspecified atom stereocenters. The lowest BCUT2D eigenvalue weighted by atomic mass is 10.2. The normalized spacial score (nSPS) is 10.7. The summed E-state index contributed by atoms with van der Waals surface area (Å²) in [7, 11) is 0. The van der Waals surface area contributed by atoms with Crippen molar-refractivity contribution in [3.8, 4) is 5.75 Å². The molecule has 0 aliphatic carbocycles. The number of nitrogens with zero attached hydrogens (tertiary/aromatic N) is 5. The Morgan fingerprint density at radius 1 is 0.933 bits per heavy atom. The number of aromatic nitrogens is 5. The highest BCUT2D eigenvalue weighted by Gasteiger charge is 2.13. The van der Waals surface area contributed by atoms with E-state index in [9.17, 15) is 13.6 Å². The van der Waals surface area contributed by atoms with Gasteiger partial charge in [0, 0.05) is 6.20 Å². The lowest BCUT2D eigenvalue weighted by Crippen LogP contribution is -2.15. The van der Waals surface area contributed by atoms with Gasteiger partial charge in [-0.2, -0.15) is 5.10 Å². The molecule has 0 saturated carbocycles. The molecule has 0 radical (unpaired) electrons. The Hall–Kier alpha value is -4.08. The Morgan fingerprint density at radius 3 is 2.37 bits per heavy atom. The number of ether oxygens (including phenoxy) is 1. The summed E-state index contributed by atoms with van der Waals surface area (Å²) in [6.45, 7) is 0.446. The van der Waals surface area contributed by atoms with Gasteiger partial charge in [0.1, 0.15) is 23.7 Å². The number of carbonyl (C=O) groups excluding carboxylic acids is 1. The summed E-state index contributed by atoms with van der Waals surface area (Å²) in [5.74, 6) is -0.537. The largest absolute Gasteiger partial charge is 0.471 e. The summed E-state index contributed by atoms with van der Waals surface area (Å²) in [4.78, 5) is 16.4. The van der Waals surface area contributed by atoms with Crippen LogP contribution in [0.2, 0.25) is 0 Å². The van der Waals surface area contributed by atoms with Crippen LogP contribution in [0.5, 0.6) is 5.75 Å². The zero-order chi connectivity index (χ0) is 20.9. The Kier molecular flexibility index (Phi) is 5.46. The van der Waals surface area contributed by atoms with Gasteiger partial charge in [-0.1, -0.05) is 12.1 Å². The van der Waals surface area contributed by atoms with Gasteiger partial charge in [-0.25, -0.2) is 23.1 Å². The monoisotopic (exact) mass is 410 g/mol. The number of amides is 1. The molecule has 0 aliphatic rings. The highest BCUT2D eigenvalue weighted by Crippen LogP contribution is 2.12. The second-order valence-electron chi connectivity index (χ2n) is 6.31. The fraction of sp³-hybridized carbons (Fsp3) is 0.100. The third kappa shape index (κ3) is 4.85. The van der Waals surface area contributed by atoms with Gasteiger partial charge in [0.25, 0.3) is 5.91 Å². The number of nitrogens with one attached hydrogen (secondary N) is 1. The second kappa shape index (κ2) is 8.52. The van der Waals surface area contributed by atoms with Crippen molar-refractivity contribution in [2.45, 2.75) is 13.3 Å². The van der Waals surface area contributed by atoms with Gasteiger partial charge in [0.2, 0.25) is 5.95 Å². The van der Waals surface area contributed by atoms with E-state index in [1.54, 1.807) is 18.3 Å². The van der Waals surface area contributed by atoms with E-state index in [4.69, 9.17) is 4.74 Å². The Balaban J connectivity index is 1.32. The summed E-state index contributed by atoms with van der Waals surface area (Å²) in [6, 6.07) is 13.1. The standard InChI is InChI=1S/C20H16F2N6O2/c21-15-3-1-14(2-4-15)11-28-12-23-20(26-28)24-19(29)18-9-10-27(25-18)13-30-17-7-5-16(22)6-8-17/h1-10,12H,11,13H2,(H,24,26,29). The van der Waals surface area contributed by atoms with Gasteiger partial charge in [0.15, 0.2) is 12.4 Å². The molecular weight excluding hydrogens is 394 g/mol. The highest BCUT2D eigenvalue weighted by atomic mass is 19.1. The van der Waals surface area contributed by atoms with Gasteiger partial charge in [-0.05, 0) is 48.0 Å². The highest BCUT2D eigenvalue weighted by molar-refractivity contribution is 6.01. The van der Waals surface area contributed by atoms with Crippen molar-refractivity contribution < 1.29 is 18.3 Å². The van der Waals surface area contributed by atoms with Crippen molar-refractivity contribution in [3.05, 3.63) is 90.0 Å². The first-order valence-electron chi connectivity index (χ1n) is 8.92. The predicted octanol–water partition coefficient (Wildman–Crippen LogP) is 3.09. The molecule has 152 valence electrons. The molecule has 0 aliphatic heterocycles. The van der Waals surface area contributed by atoms with Crippen molar-refractivity contribution in [1.82, 2.24) is 24.5 Å². The Morgan fingerprint density at radius 2 is 1.63 bits per heavy atom. The molecule has 10 heteroatoms. The van der Waals surface area contributed by atoms with Crippen LogP contribution in [0.3, 0.4) is 0 Å². The first kappa shape index (κ1) is 19.2. The van der Waals surface area contributed by atoms with Gasteiger partial charge < -0.3 is 4.74 Å². The van der Waals surface area contributed by atoms with Crippen LogP contribution in [0.4, 0.5) is 14.7 Å². The van der Waals surface area contributed by atoms with E-state index < -0.39 is 5.91 Å².